The average Bonchev–Trinajstić information content (AvgIpc) is 4.18. The Hall–Kier alpha value is 3.49. The minimum absolute atomic E-state index is 0. The number of hydrogen-bond acceptors (Lipinski definition) is 16. The fourth-order valence-electron chi connectivity index (χ4n) is 7.90. The molecule has 8 fully saturated rings. The van der Waals surface area contributed by atoms with E-state index in [0.29, 0.717) is 45.5 Å². The van der Waals surface area contributed by atoms with Crippen molar-refractivity contribution in [2.45, 2.75) is 166 Å². The van der Waals surface area contributed by atoms with Gasteiger partial charge in [0.1, 0.15) is 6.61 Å². The summed E-state index contributed by atoms with van der Waals surface area (Å²) in [5.41, 5.74) is -2.35. The van der Waals surface area contributed by atoms with E-state index in [1.165, 1.54) is 27.9 Å². The van der Waals surface area contributed by atoms with Crippen LogP contribution < -0.4 is 0 Å². The maximum Gasteiger partial charge on any atom is 0.259 e. The summed E-state index contributed by atoms with van der Waals surface area (Å²) in [6.07, 6.45) is -2.98. The number of aliphatic hydroxyl groups is 5. The van der Waals surface area contributed by atoms with E-state index in [0.717, 1.165) is 0 Å². The SMILES string of the molecule is CC(O)[C@@]12CO[C@@H]([CH-]O1)[C@@H]2C.[2H]C(C)[C@@]12CO[C@@H]([CH-]O1)[C@@H]2C.[2H]C(C)[C@@]12CO[C@@H]([CH-]O1)[C@@H]2O.[2H]C(C)[C@@]12CO[C@@H]([CH-]O1)[C@@H]2OP(OCC[N+]#[C-])N(C(C)C)C(C)C.[3H]OC.[3H]OC.[3H]OC.[U].[U].[U].[U]. The van der Waals surface area contributed by atoms with Gasteiger partial charge in [-0.3, -0.25) is 0 Å². The van der Waals surface area contributed by atoms with Gasteiger partial charge >= 0.3 is 0 Å². The first-order valence-electron chi connectivity index (χ1n) is 23.4. The van der Waals surface area contributed by atoms with E-state index in [2.05, 4.69) is 59.5 Å². The standard InChI is InChI=1S/C16H28N2O4P.C8H13O3.C8H13O2.C7H11O3.3CH4O.4U/c1-7-16-11-19-14(10-20-16)15(16)22-23(21-9-8-17-6)18(12(2)3)13(4)5;1-5-7-3-11-8(5,4-10-7)6(2)9;1-3-8-5-9-7(4-10-8)6(8)2;1-2-7-4-9-5(3-10-7)6(7)8;3*1-2;;;;/h10,12-15H,7-9,11H2,1-5H3;3,5-7,9H,4H2,1-2H3;4,6-7H,3,5H2,1-2H3;3,5-6,8H,2,4H2,1H3;3*2H,1H3;;;;/q4*-1;;;;;;;/t14-,15-,16-,23?;5-,6?,7-,8-;6-,7-,8-;5-,6-,7-;;;;;;;/m0000......./s1/i7D;;3D;2D;3*2T;;;;/t7?,14-,15-,16-,23?;;3?,6-,7-,8-;2?,5-,6-,7-;;;;;;;. The average molecular weight is 1840 g/mol. The van der Waals surface area contributed by atoms with Crippen LogP contribution >= 0.6 is 8.53 Å². The predicted molar refractivity (Wildman–Crippen MR) is 224 cm³/mol. The van der Waals surface area contributed by atoms with E-state index in [4.69, 9.17) is 61.9 Å². The van der Waals surface area contributed by atoms with Crippen molar-refractivity contribution in [3.63, 3.8) is 0 Å². The van der Waals surface area contributed by atoms with E-state index in [9.17, 15) is 10.2 Å². The summed E-state index contributed by atoms with van der Waals surface area (Å²) in [6, 6.07) is 0.469. The van der Waals surface area contributed by atoms with Gasteiger partial charge in [-0.2, -0.15) is 26.4 Å². The van der Waals surface area contributed by atoms with E-state index in [1.807, 2.05) is 13.8 Å². The fraction of sp³-hybridized carbons (Fsp3) is 0.881. The Labute approximate surface area is 489 Å². The molecule has 22 heteroatoms. The number of hydrogen-bond donors (Lipinski definition) is 5. The molecule has 0 spiro atoms. The minimum atomic E-state index is -1.37. The Morgan fingerprint density at radius 2 is 1.16 bits per heavy atom. The molecule has 370 valence electrons. The Morgan fingerprint density at radius 1 is 0.734 bits per heavy atom. The Balaban J connectivity index is -0.000000833. The van der Waals surface area contributed by atoms with E-state index in [-0.39, 0.29) is 185 Å². The van der Waals surface area contributed by atoms with E-state index < -0.39 is 50.3 Å². The van der Waals surface area contributed by atoms with Crippen molar-refractivity contribution < 1.29 is 201 Å². The zero-order chi connectivity index (χ0) is 50.2. The second-order valence-corrected chi connectivity index (χ2v) is 17.0. The zero-order valence-electron chi connectivity index (χ0n) is 45.7. The third kappa shape index (κ3) is 16.8. The van der Waals surface area contributed by atoms with E-state index in [1.54, 1.807) is 40.6 Å². The first-order chi connectivity index (χ1) is 31.1. The van der Waals surface area contributed by atoms with Gasteiger partial charge in [0.2, 0.25) is 10.8 Å². The van der Waals surface area contributed by atoms with Crippen LogP contribution in [-0.2, 0) is 46.9 Å². The summed E-state index contributed by atoms with van der Waals surface area (Å²) >= 11 is 0. The molecule has 0 aromatic carbocycles. The van der Waals surface area contributed by atoms with Crippen LogP contribution in [0.3, 0.4) is 0 Å². The third-order valence-electron chi connectivity index (χ3n) is 11.8. The maximum atomic E-state index is 9.55. The van der Waals surface area contributed by atoms with Gasteiger partial charge in [-0.1, -0.05) is 34.6 Å². The molecule has 8 rings (SSSR count). The van der Waals surface area contributed by atoms with Crippen molar-refractivity contribution >= 4 is 8.53 Å². The Kier molecular flexibility index (Phi) is 32.7. The monoisotopic (exact) mass is 1840 g/mol. The topological polar surface area (TPSA) is 201 Å². The molecule has 8 aliphatic heterocycles. The Morgan fingerprint density at radius 3 is 1.42 bits per heavy atom. The second-order valence-electron chi connectivity index (χ2n) is 15.5. The van der Waals surface area contributed by atoms with Crippen LogP contribution in [0.1, 0.15) is 92.5 Å². The van der Waals surface area contributed by atoms with Crippen LogP contribution in [0.4, 0.5) is 0 Å². The molecule has 8 bridgehead atoms. The summed E-state index contributed by atoms with van der Waals surface area (Å²) in [6.45, 7) is 35.6. The molecule has 8 heterocycles. The first kappa shape index (κ1) is 60.0. The molecular formula is C42H77N2O15PU4-4. The van der Waals surface area contributed by atoms with Gasteiger partial charge in [-0.25, -0.2) is 11.2 Å². The molecule has 17 atom stereocenters. The largest absolute Gasteiger partial charge is 0.543 e. The van der Waals surface area contributed by atoms with Crippen molar-refractivity contribution in [2.75, 3.05) is 60.9 Å². The van der Waals surface area contributed by atoms with Gasteiger partial charge < -0.3 is 77.3 Å². The summed E-state index contributed by atoms with van der Waals surface area (Å²) in [7, 11) is 2.51. The van der Waals surface area contributed by atoms with Crippen molar-refractivity contribution in [3.05, 3.63) is 37.8 Å². The molecule has 17 nitrogen and oxygen atoms in total. The zero-order valence-corrected chi connectivity index (χ0v) is 57.2. The van der Waals surface area contributed by atoms with Crippen LogP contribution in [0.5, 0.6) is 0 Å². The van der Waals surface area contributed by atoms with Crippen LogP contribution in [0.15, 0.2) is 0 Å². The predicted octanol–water partition coefficient (Wildman–Crippen LogP) is 4.00. The molecule has 5 N–H and O–H groups in total. The van der Waals surface area contributed by atoms with Gasteiger partial charge in [-0.05, 0) is 90.1 Å². The molecular weight excluding hydrogens is 1760 g/mol. The second kappa shape index (κ2) is 34.8. The summed E-state index contributed by atoms with van der Waals surface area (Å²) in [4.78, 5) is 3.35. The number of aliphatic hydroxyl groups excluding tert-OH is 5. The fourth-order valence-corrected chi connectivity index (χ4v) is 9.69. The molecule has 0 aromatic rings. The normalized spacial score (nSPS) is 39.5. The molecule has 0 amide bonds. The minimum Gasteiger partial charge on any atom is -0.543 e. The molecule has 0 radical (unpaired) electrons. The van der Waals surface area contributed by atoms with E-state index >= 15 is 0 Å². The number of nitrogens with zero attached hydrogens (tertiary/aromatic N) is 2. The number of rotatable bonds is 12. The molecule has 5 unspecified atom stereocenters. The number of ether oxygens (including phenoxy) is 8. The van der Waals surface area contributed by atoms with Gasteiger partial charge in [0.05, 0.1) is 67.1 Å². The van der Waals surface area contributed by atoms with Gasteiger partial charge in [0.15, 0.2) is 0 Å². The number of fused-ring (bicyclic) bond motifs is 8. The first-order valence-corrected chi connectivity index (χ1v) is 21.5. The maximum absolute atomic E-state index is 9.55. The van der Waals surface area contributed by atoms with Crippen LogP contribution in [0.2, 0.25) is 0 Å². The van der Waals surface area contributed by atoms with Gasteiger partial charge in [-0.15, -0.1) is 0 Å². The van der Waals surface area contributed by atoms with Gasteiger partial charge in [0.25, 0.3) is 8.53 Å². The molecule has 0 saturated carbocycles. The van der Waals surface area contributed by atoms with Crippen molar-refractivity contribution in [1.82, 2.24) is 4.67 Å². The summed E-state index contributed by atoms with van der Waals surface area (Å²) in [5.74, 6) is 0.623. The van der Waals surface area contributed by atoms with Gasteiger partial charge in [0, 0.05) is 162 Å². The molecule has 0 aromatic heterocycles. The summed E-state index contributed by atoms with van der Waals surface area (Å²) < 4.78 is 98.5. The van der Waals surface area contributed by atoms with Crippen molar-refractivity contribution in [2.24, 2.45) is 11.8 Å². The molecule has 0 aliphatic carbocycles. The molecule has 64 heavy (non-hydrogen) atoms. The molecule has 8 saturated heterocycles. The van der Waals surface area contributed by atoms with Crippen LogP contribution in [0, 0.1) is 169 Å². The van der Waals surface area contributed by atoms with Crippen molar-refractivity contribution in [3.8, 4) is 0 Å². The summed E-state index contributed by atoms with van der Waals surface area (Å²) in [5, 5.41) is 29.5. The Bertz CT molecular complexity index is 1300. The smallest absolute Gasteiger partial charge is 0.259 e. The quantitative estimate of drug-likeness (QED) is 0.107. The molecule has 8 aliphatic rings. The third-order valence-corrected chi connectivity index (χ3v) is 14.0. The van der Waals surface area contributed by atoms with Crippen LogP contribution in [0.25, 0.3) is 4.85 Å². The van der Waals surface area contributed by atoms with Crippen LogP contribution in [-0.4, -0.2) is 173 Å². The van der Waals surface area contributed by atoms with Crippen molar-refractivity contribution in [1.29, 1.82) is 4.29 Å².